The molecule has 0 bridgehead atoms. The highest BCUT2D eigenvalue weighted by Gasteiger charge is 2.33. The lowest BCUT2D eigenvalue weighted by atomic mass is 9.89. The normalized spacial score (nSPS) is 17.7. The number of rotatable bonds is 4. The van der Waals surface area contributed by atoms with Crippen molar-refractivity contribution in [2.45, 2.75) is 65.0 Å². The van der Waals surface area contributed by atoms with Crippen LogP contribution in [0.25, 0.3) is 0 Å². The van der Waals surface area contributed by atoms with Crippen molar-refractivity contribution in [2.75, 3.05) is 55.0 Å². The Kier molecular flexibility index (Phi) is 7.66. The SMILES string of the molecule is Cc1c(N2CCc3cnc(Nc4ccc(C5CCN(C)CC5)cc4)nc3C2)cnc2c1N(C(=O)OC(C)(C)C)CCO2. The van der Waals surface area contributed by atoms with Gasteiger partial charge in [-0.25, -0.2) is 19.7 Å². The minimum absolute atomic E-state index is 0.378. The van der Waals surface area contributed by atoms with Crippen molar-refractivity contribution in [1.82, 2.24) is 19.9 Å². The Morgan fingerprint density at radius 2 is 1.81 bits per heavy atom. The van der Waals surface area contributed by atoms with Crippen LogP contribution in [0.1, 0.15) is 61.9 Å². The molecule has 2 aromatic heterocycles. The smallest absolute Gasteiger partial charge is 0.415 e. The molecular formula is C32H41N7O3. The van der Waals surface area contributed by atoms with Crippen LogP contribution in [0, 0.1) is 6.92 Å². The van der Waals surface area contributed by atoms with E-state index in [1.54, 1.807) is 4.90 Å². The van der Waals surface area contributed by atoms with E-state index in [-0.39, 0.29) is 6.09 Å². The van der Waals surface area contributed by atoms with Gasteiger partial charge in [0.25, 0.3) is 0 Å². The molecule has 5 heterocycles. The third kappa shape index (κ3) is 5.99. The predicted molar refractivity (Wildman–Crippen MR) is 164 cm³/mol. The summed E-state index contributed by atoms with van der Waals surface area (Å²) in [6.45, 7) is 12.1. The highest BCUT2D eigenvalue weighted by Crippen LogP contribution is 2.40. The largest absolute Gasteiger partial charge is 0.474 e. The molecule has 0 radical (unpaired) electrons. The van der Waals surface area contributed by atoms with Crippen LogP contribution in [0.15, 0.2) is 36.7 Å². The summed E-state index contributed by atoms with van der Waals surface area (Å²) in [5.74, 6) is 1.68. The second kappa shape index (κ2) is 11.4. The first-order chi connectivity index (χ1) is 20.1. The van der Waals surface area contributed by atoms with Gasteiger partial charge in [0.15, 0.2) is 0 Å². The fourth-order valence-corrected chi connectivity index (χ4v) is 6.03. The van der Waals surface area contributed by atoms with Crippen molar-refractivity contribution in [3.8, 4) is 5.88 Å². The van der Waals surface area contributed by atoms with Gasteiger partial charge in [0.05, 0.1) is 30.7 Å². The average Bonchev–Trinajstić information content (AvgIpc) is 2.97. The lowest BCUT2D eigenvalue weighted by Gasteiger charge is -2.35. The van der Waals surface area contributed by atoms with Gasteiger partial charge in [-0.3, -0.25) is 4.90 Å². The van der Waals surface area contributed by atoms with Crippen LogP contribution in [-0.2, 0) is 17.7 Å². The molecule has 3 aromatic rings. The number of hydrogen-bond acceptors (Lipinski definition) is 9. The summed E-state index contributed by atoms with van der Waals surface area (Å²) < 4.78 is 11.5. The molecule has 0 spiro atoms. The first-order valence-corrected chi connectivity index (χ1v) is 14.9. The summed E-state index contributed by atoms with van der Waals surface area (Å²) in [5, 5.41) is 3.40. The summed E-state index contributed by atoms with van der Waals surface area (Å²) in [5.41, 5.74) is 6.49. The predicted octanol–water partition coefficient (Wildman–Crippen LogP) is 5.43. The highest BCUT2D eigenvalue weighted by atomic mass is 16.6. The van der Waals surface area contributed by atoms with Gasteiger partial charge in [-0.05, 0) is 96.3 Å². The third-order valence-electron chi connectivity index (χ3n) is 8.33. The molecule has 1 N–H and O–H groups in total. The average molecular weight is 572 g/mol. The van der Waals surface area contributed by atoms with E-state index in [1.807, 2.05) is 40.1 Å². The van der Waals surface area contributed by atoms with E-state index >= 15 is 0 Å². The Labute approximate surface area is 248 Å². The molecule has 3 aliphatic rings. The molecule has 10 nitrogen and oxygen atoms in total. The number of nitrogens with one attached hydrogen (secondary N) is 1. The van der Waals surface area contributed by atoms with Crippen molar-refractivity contribution in [3.05, 3.63) is 59.0 Å². The van der Waals surface area contributed by atoms with Crippen LogP contribution < -0.4 is 19.9 Å². The highest BCUT2D eigenvalue weighted by molar-refractivity contribution is 5.92. The Bertz CT molecular complexity index is 1450. The van der Waals surface area contributed by atoms with E-state index in [1.165, 1.54) is 18.4 Å². The number of carbonyl (C=O) groups is 1. The second-order valence-corrected chi connectivity index (χ2v) is 12.6. The zero-order valence-corrected chi connectivity index (χ0v) is 25.3. The van der Waals surface area contributed by atoms with Crippen LogP contribution in [-0.4, -0.2) is 71.4 Å². The van der Waals surface area contributed by atoms with Gasteiger partial charge in [-0.1, -0.05) is 12.1 Å². The quantitative estimate of drug-likeness (QED) is 0.440. The summed E-state index contributed by atoms with van der Waals surface area (Å²) >= 11 is 0. The number of pyridine rings is 1. The maximum absolute atomic E-state index is 13.1. The molecule has 222 valence electrons. The van der Waals surface area contributed by atoms with Crippen molar-refractivity contribution in [2.24, 2.45) is 0 Å². The van der Waals surface area contributed by atoms with Crippen LogP contribution in [0.2, 0.25) is 0 Å². The number of ether oxygens (including phenoxy) is 2. The first-order valence-electron chi connectivity index (χ1n) is 14.9. The van der Waals surface area contributed by atoms with Gasteiger partial charge in [0.2, 0.25) is 11.8 Å². The number of aromatic nitrogens is 3. The molecule has 6 rings (SSSR count). The van der Waals surface area contributed by atoms with E-state index in [0.717, 1.165) is 54.3 Å². The van der Waals surface area contributed by atoms with Crippen molar-refractivity contribution in [1.29, 1.82) is 0 Å². The van der Waals surface area contributed by atoms with Crippen molar-refractivity contribution < 1.29 is 14.3 Å². The third-order valence-corrected chi connectivity index (χ3v) is 8.33. The van der Waals surface area contributed by atoms with Crippen molar-refractivity contribution >= 4 is 29.1 Å². The number of carbonyl (C=O) groups excluding carboxylic acids is 1. The molecule has 0 saturated carbocycles. The van der Waals surface area contributed by atoms with Crippen LogP contribution in [0.3, 0.4) is 0 Å². The first kappa shape index (κ1) is 28.2. The summed E-state index contributed by atoms with van der Waals surface area (Å²) in [6.07, 6.45) is 6.62. The van der Waals surface area contributed by atoms with Crippen molar-refractivity contribution in [3.63, 3.8) is 0 Å². The zero-order chi connectivity index (χ0) is 29.4. The molecule has 42 heavy (non-hydrogen) atoms. The number of likely N-dealkylation sites (tertiary alicyclic amines) is 1. The fraction of sp³-hybridized carbons (Fsp3) is 0.500. The summed E-state index contributed by atoms with van der Waals surface area (Å²) in [6, 6.07) is 8.72. The van der Waals surface area contributed by atoms with Crippen LogP contribution in [0.5, 0.6) is 5.88 Å². The maximum atomic E-state index is 13.1. The van der Waals surface area contributed by atoms with Gasteiger partial charge in [0.1, 0.15) is 17.9 Å². The van der Waals surface area contributed by atoms with E-state index in [2.05, 4.69) is 56.4 Å². The number of anilines is 4. The summed E-state index contributed by atoms with van der Waals surface area (Å²) in [4.78, 5) is 33.5. The van der Waals surface area contributed by atoms with Gasteiger partial charge >= 0.3 is 6.09 Å². The van der Waals surface area contributed by atoms with Crippen LogP contribution >= 0.6 is 0 Å². The van der Waals surface area contributed by atoms with Gasteiger partial charge in [-0.2, -0.15) is 0 Å². The van der Waals surface area contributed by atoms with Gasteiger partial charge in [0, 0.05) is 24.0 Å². The Balaban J connectivity index is 1.18. The maximum Gasteiger partial charge on any atom is 0.415 e. The Hall–Kier alpha value is -3.92. The zero-order valence-electron chi connectivity index (χ0n) is 25.3. The Morgan fingerprint density at radius 1 is 1.05 bits per heavy atom. The Morgan fingerprint density at radius 3 is 2.55 bits per heavy atom. The summed E-state index contributed by atoms with van der Waals surface area (Å²) in [7, 11) is 2.20. The number of benzene rings is 1. The second-order valence-electron chi connectivity index (χ2n) is 12.6. The number of fused-ring (bicyclic) bond motifs is 2. The molecular weight excluding hydrogens is 530 g/mol. The molecule has 1 amide bonds. The molecule has 0 unspecified atom stereocenters. The molecule has 1 aromatic carbocycles. The number of hydrogen-bond donors (Lipinski definition) is 1. The fourth-order valence-electron chi connectivity index (χ4n) is 6.03. The lowest BCUT2D eigenvalue weighted by Crippen LogP contribution is -2.42. The van der Waals surface area contributed by atoms with E-state index in [4.69, 9.17) is 14.5 Å². The van der Waals surface area contributed by atoms with E-state index < -0.39 is 5.60 Å². The monoisotopic (exact) mass is 571 g/mol. The standard InChI is InChI=1S/C32H41N7O3/c1-21-27(19-33-29-28(21)39(16-17-41-29)31(40)42-32(2,3)4)38-15-12-24-18-34-30(36-26(24)20-38)35-25-8-6-22(7-9-25)23-10-13-37(5)14-11-23/h6-9,18-19,23H,10-17,20H2,1-5H3,(H,34,35,36). The van der Waals surface area contributed by atoms with Crippen LogP contribution in [0.4, 0.5) is 27.8 Å². The lowest BCUT2D eigenvalue weighted by molar-refractivity contribution is 0.0566. The molecule has 1 fully saturated rings. The molecule has 1 saturated heterocycles. The molecule has 0 atom stereocenters. The minimum Gasteiger partial charge on any atom is -0.474 e. The number of piperidine rings is 1. The topological polar surface area (TPSA) is 96.0 Å². The van der Waals surface area contributed by atoms with Gasteiger partial charge in [-0.15, -0.1) is 0 Å². The molecule has 0 aliphatic carbocycles. The number of amides is 1. The minimum atomic E-state index is -0.592. The van der Waals surface area contributed by atoms with E-state index in [9.17, 15) is 4.79 Å². The molecule has 3 aliphatic heterocycles. The van der Waals surface area contributed by atoms with E-state index in [0.29, 0.717) is 43.1 Å². The molecule has 10 heteroatoms. The number of nitrogens with zero attached hydrogens (tertiary/aromatic N) is 6. The van der Waals surface area contributed by atoms with Gasteiger partial charge < -0.3 is 24.6 Å².